The Morgan fingerprint density at radius 3 is 2.33 bits per heavy atom. The maximum absolute atomic E-state index is 11.1. The van der Waals surface area contributed by atoms with E-state index in [-0.39, 0.29) is 6.61 Å². The summed E-state index contributed by atoms with van der Waals surface area (Å²) in [5, 5.41) is 0.706. The fraction of sp³-hybridized carbons (Fsp3) is 0.133. The second-order valence-corrected chi connectivity index (χ2v) is 5.42. The van der Waals surface area contributed by atoms with E-state index >= 15 is 0 Å². The molecule has 0 spiro atoms. The summed E-state index contributed by atoms with van der Waals surface area (Å²) in [6, 6.07) is 8.31. The predicted octanol–water partition coefficient (Wildman–Crippen LogP) is 3.56. The van der Waals surface area contributed by atoms with Gasteiger partial charge in [-0.1, -0.05) is 29.3 Å². The first kappa shape index (κ1) is 15.5. The van der Waals surface area contributed by atoms with Crippen molar-refractivity contribution in [3.05, 3.63) is 57.1 Å². The lowest BCUT2D eigenvalue weighted by Gasteiger charge is -2.12. The topological polar surface area (TPSA) is 78.3 Å². The third-order valence-electron chi connectivity index (χ3n) is 3.02. The van der Waals surface area contributed by atoms with Gasteiger partial charge in [-0.15, -0.1) is 0 Å². The Morgan fingerprint density at radius 2 is 1.81 bits per heavy atom. The lowest BCUT2D eigenvalue weighted by molar-refractivity contribution is 0.1000. The van der Waals surface area contributed by atoms with Crippen LogP contribution >= 0.6 is 23.2 Å². The van der Waals surface area contributed by atoms with Crippen LogP contribution in [0.1, 0.15) is 21.5 Å². The normalized spacial score (nSPS) is 10.4. The van der Waals surface area contributed by atoms with Gasteiger partial charge >= 0.3 is 0 Å². The number of carbonyl (C=O) groups excluding carboxylic acids is 1. The summed E-state index contributed by atoms with van der Waals surface area (Å²) in [4.78, 5) is 11.1. The summed E-state index contributed by atoms with van der Waals surface area (Å²) in [5.41, 5.74) is 13.6. The Hall–Kier alpha value is -1.91. The third-order valence-corrected chi connectivity index (χ3v) is 3.58. The monoisotopic (exact) mass is 324 g/mol. The van der Waals surface area contributed by atoms with E-state index in [2.05, 4.69) is 0 Å². The molecular formula is C15H14Cl2N2O2. The average Bonchev–Trinajstić information content (AvgIpc) is 2.38. The van der Waals surface area contributed by atoms with E-state index in [1.807, 2.05) is 6.92 Å². The van der Waals surface area contributed by atoms with Crippen LogP contribution in [-0.2, 0) is 6.61 Å². The fourth-order valence-corrected chi connectivity index (χ4v) is 2.49. The smallest absolute Gasteiger partial charge is 0.248 e. The zero-order valence-electron chi connectivity index (χ0n) is 11.3. The zero-order chi connectivity index (χ0) is 15.6. The molecule has 1 amide bonds. The lowest BCUT2D eigenvalue weighted by atomic mass is 10.1. The number of primary amides is 1. The minimum Gasteiger partial charge on any atom is -0.486 e. The van der Waals surface area contributed by atoms with Crippen molar-refractivity contribution < 1.29 is 9.53 Å². The van der Waals surface area contributed by atoms with Gasteiger partial charge in [0.2, 0.25) is 5.91 Å². The number of rotatable bonds is 4. The van der Waals surface area contributed by atoms with Gasteiger partial charge in [0, 0.05) is 11.3 Å². The summed E-state index contributed by atoms with van der Waals surface area (Å²) in [7, 11) is 0. The summed E-state index contributed by atoms with van der Waals surface area (Å²) in [6.45, 7) is 2.14. The summed E-state index contributed by atoms with van der Waals surface area (Å²) >= 11 is 12.1. The number of ether oxygens (including phenoxy) is 1. The minimum atomic E-state index is -0.463. The maximum atomic E-state index is 11.1. The van der Waals surface area contributed by atoms with E-state index < -0.39 is 5.91 Å². The Labute approximate surface area is 132 Å². The average molecular weight is 325 g/mol. The van der Waals surface area contributed by atoms with Gasteiger partial charge in [-0.2, -0.15) is 0 Å². The Bertz CT molecular complexity index is 679. The van der Waals surface area contributed by atoms with Crippen LogP contribution in [0.4, 0.5) is 5.69 Å². The molecule has 2 aromatic rings. The number of carbonyl (C=O) groups is 1. The van der Waals surface area contributed by atoms with Crippen LogP contribution in [0.3, 0.4) is 0 Å². The molecule has 0 bridgehead atoms. The highest BCUT2D eigenvalue weighted by Crippen LogP contribution is 2.35. The first-order chi connectivity index (χ1) is 9.88. The molecule has 0 heterocycles. The Morgan fingerprint density at radius 1 is 1.19 bits per heavy atom. The van der Waals surface area contributed by atoms with E-state index in [0.29, 0.717) is 27.0 Å². The first-order valence-corrected chi connectivity index (χ1v) is 6.90. The molecule has 21 heavy (non-hydrogen) atoms. The number of hydrogen-bond donors (Lipinski definition) is 2. The van der Waals surface area contributed by atoms with Crippen molar-refractivity contribution in [2.75, 3.05) is 5.73 Å². The molecule has 0 saturated carbocycles. The second-order valence-electron chi connectivity index (χ2n) is 4.61. The number of nitrogen functional groups attached to an aromatic ring is 1. The van der Waals surface area contributed by atoms with Gasteiger partial charge in [0.1, 0.15) is 6.61 Å². The molecule has 6 heteroatoms. The molecule has 0 aliphatic heterocycles. The Balaban J connectivity index is 2.19. The first-order valence-electron chi connectivity index (χ1n) is 6.15. The van der Waals surface area contributed by atoms with Crippen LogP contribution in [-0.4, -0.2) is 5.91 Å². The summed E-state index contributed by atoms with van der Waals surface area (Å²) in [5.74, 6) is -0.0823. The quantitative estimate of drug-likeness (QED) is 0.844. The van der Waals surface area contributed by atoms with Gasteiger partial charge in [0.05, 0.1) is 10.0 Å². The van der Waals surface area contributed by atoms with Crippen molar-refractivity contribution in [3.8, 4) is 5.75 Å². The number of hydrogen-bond acceptors (Lipinski definition) is 3. The number of anilines is 1. The molecule has 0 radical (unpaired) electrons. The molecule has 0 aliphatic carbocycles. The largest absolute Gasteiger partial charge is 0.486 e. The zero-order valence-corrected chi connectivity index (χ0v) is 12.8. The molecular weight excluding hydrogens is 311 g/mol. The minimum absolute atomic E-state index is 0.272. The predicted molar refractivity (Wildman–Crippen MR) is 84.9 cm³/mol. The third kappa shape index (κ3) is 3.60. The highest BCUT2D eigenvalue weighted by Gasteiger charge is 2.10. The molecule has 2 aromatic carbocycles. The fourth-order valence-electron chi connectivity index (χ4n) is 1.88. The van der Waals surface area contributed by atoms with E-state index in [4.69, 9.17) is 39.4 Å². The van der Waals surface area contributed by atoms with Crippen LogP contribution in [0.5, 0.6) is 5.75 Å². The van der Waals surface area contributed by atoms with Crippen molar-refractivity contribution in [2.45, 2.75) is 13.5 Å². The summed E-state index contributed by atoms with van der Waals surface area (Å²) in [6.07, 6.45) is 0. The van der Waals surface area contributed by atoms with Crippen LogP contribution in [0, 0.1) is 6.92 Å². The number of benzene rings is 2. The number of halogens is 2. The van der Waals surface area contributed by atoms with Crippen molar-refractivity contribution in [1.29, 1.82) is 0 Å². The standard InChI is InChI=1S/C15H14Cl2N2O2/c1-8-4-9(15(19)20)2-3-10(8)7-21-14-12(16)5-11(18)6-13(14)17/h2-6H,7,18H2,1H3,(H2,19,20). The van der Waals surface area contributed by atoms with Crippen molar-refractivity contribution in [1.82, 2.24) is 0 Å². The molecule has 0 unspecified atom stereocenters. The van der Waals surface area contributed by atoms with Crippen molar-refractivity contribution >= 4 is 34.8 Å². The van der Waals surface area contributed by atoms with Gasteiger partial charge in [0.25, 0.3) is 0 Å². The highest BCUT2D eigenvalue weighted by molar-refractivity contribution is 6.37. The van der Waals surface area contributed by atoms with Crippen molar-refractivity contribution in [3.63, 3.8) is 0 Å². The maximum Gasteiger partial charge on any atom is 0.248 e. The molecule has 0 saturated heterocycles. The lowest BCUT2D eigenvalue weighted by Crippen LogP contribution is -2.11. The van der Waals surface area contributed by atoms with E-state index in [0.717, 1.165) is 11.1 Å². The second kappa shape index (κ2) is 6.24. The molecule has 2 rings (SSSR count). The molecule has 0 fully saturated rings. The van der Waals surface area contributed by atoms with E-state index in [9.17, 15) is 4.79 Å². The number of aryl methyl sites for hydroxylation is 1. The van der Waals surface area contributed by atoms with Gasteiger partial charge in [0.15, 0.2) is 5.75 Å². The van der Waals surface area contributed by atoms with Gasteiger partial charge < -0.3 is 16.2 Å². The van der Waals surface area contributed by atoms with Gasteiger partial charge in [-0.25, -0.2) is 0 Å². The molecule has 0 atom stereocenters. The van der Waals surface area contributed by atoms with Crippen LogP contribution in [0.15, 0.2) is 30.3 Å². The number of amides is 1. The van der Waals surface area contributed by atoms with Crippen LogP contribution in [0.25, 0.3) is 0 Å². The molecule has 0 aromatic heterocycles. The van der Waals surface area contributed by atoms with Gasteiger partial charge in [-0.05, 0) is 42.3 Å². The Kier molecular flexibility index (Phi) is 4.60. The van der Waals surface area contributed by atoms with Crippen LogP contribution in [0.2, 0.25) is 10.0 Å². The molecule has 4 N–H and O–H groups in total. The van der Waals surface area contributed by atoms with E-state index in [1.165, 1.54) is 0 Å². The number of nitrogens with two attached hydrogens (primary N) is 2. The van der Waals surface area contributed by atoms with Gasteiger partial charge in [-0.3, -0.25) is 4.79 Å². The van der Waals surface area contributed by atoms with E-state index in [1.54, 1.807) is 30.3 Å². The SMILES string of the molecule is Cc1cc(C(N)=O)ccc1COc1c(Cl)cc(N)cc1Cl. The van der Waals surface area contributed by atoms with Crippen LogP contribution < -0.4 is 16.2 Å². The molecule has 0 aliphatic rings. The highest BCUT2D eigenvalue weighted by atomic mass is 35.5. The molecule has 110 valence electrons. The summed E-state index contributed by atoms with van der Waals surface area (Å²) < 4.78 is 5.65. The van der Waals surface area contributed by atoms with Crippen molar-refractivity contribution in [2.24, 2.45) is 5.73 Å². The molecule has 4 nitrogen and oxygen atoms in total.